The molecule has 13 atom stereocenters. The van der Waals surface area contributed by atoms with Crippen LogP contribution in [0.3, 0.4) is 0 Å². The lowest BCUT2D eigenvalue weighted by molar-refractivity contribution is -0.147. The third-order valence-electron chi connectivity index (χ3n) is 18.5. The minimum absolute atomic E-state index is 0.00443. The average molecular weight is 1320 g/mol. The molecule has 1 aromatic heterocycles. The lowest BCUT2D eigenvalue weighted by Crippen LogP contribution is -2.64. The van der Waals surface area contributed by atoms with Gasteiger partial charge in [0.1, 0.15) is 40.2 Å². The summed E-state index contributed by atoms with van der Waals surface area (Å²) in [6.07, 6.45) is -4.84. The molecule has 93 heavy (non-hydrogen) atoms. The number of aromatic nitrogens is 2. The van der Waals surface area contributed by atoms with Gasteiger partial charge in [0.2, 0.25) is 35.4 Å². The number of aromatic hydroxyl groups is 1. The lowest BCUT2D eigenvalue weighted by Gasteiger charge is -2.41. The highest BCUT2D eigenvalue weighted by Gasteiger charge is 2.50. The lowest BCUT2D eigenvalue weighted by atomic mass is 9.94. The Kier molecular flexibility index (Phi) is 24.5. The van der Waals surface area contributed by atoms with E-state index >= 15 is 0 Å². The number of carbonyl (C=O) groups is 6. The zero-order valence-corrected chi connectivity index (χ0v) is 53.4. The van der Waals surface area contributed by atoms with Gasteiger partial charge in [-0.3, -0.25) is 33.7 Å². The number of aliphatic hydroxyl groups is 8. The van der Waals surface area contributed by atoms with Gasteiger partial charge in [-0.1, -0.05) is 67.9 Å². The van der Waals surface area contributed by atoms with E-state index in [2.05, 4.69) is 76.2 Å². The number of carbonyl (C=O) groups excluding carboxylic acids is 6. The van der Waals surface area contributed by atoms with Crippen molar-refractivity contribution < 1.29 is 79.5 Å². The molecule has 28 nitrogen and oxygen atoms in total. The fourth-order valence-electron chi connectivity index (χ4n) is 13.0. The minimum Gasteiger partial charge on any atom is -0.504 e. The van der Waals surface area contributed by atoms with E-state index < -0.39 is 166 Å². The number of rotatable bonds is 19. The monoisotopic (exact) mass is 1310 g/mol. The molecule has 0 radical (unpaired) electrons. The summed E-state index contributed by atoms with van der Waals surface area (Å²) in [6, 6.07) is 9.12. The Morgan fingerprint density at radius 3 is 1.97 bits per heavy atom. The van der Waals surface area contributed by atoms with Gasteiger partial charge in [-0.15, -0.1) is 10.2 Å². The summed E-state index contributed by atoms with van der Waals surface area (Å²) < 4.78 is 5.23. The molecule has 0 spiro atoms. The van der Waals surface area contributed by atoms with Crippen molar-refractivity contribution in [3.05, 3.63) is 77.9 Å². The predicted molar refractivity (Wildman–Crippen MR) is 341 cm³/mol. The average Bonchev–Trinajstić information content (AvgIpc) is 1.71. The van der Waals surface area contributed by atoms with Crippen LogP contribution in [0.25, 0.3) is 21.1 Å². The molecule has 4 aliphatic heterocycles. The molecule has 29 heteroatoms. The summed E-state index contributed by atoms with van der Waals surface area (Å²) in [7, 11) is 1.28. The van der Waals surface area contributed by atoms with Crippen LogP contribution in [0.4, 0.5) is 5.69 Å². The van der Waals surface area contributed by atoms with Gasteiger partial charge in [-0.05, 0) is 86.7 Å². The largest absolute Gasteiger partial charge is 0.504 e. The molecule has 508 valence electrons. The number of piperazine rings is 1. The number of nitrogens with zero attached hydrogens (tertiary/aromatic N) is 6. The number of hydrogen-bond donors (Lipinski definition) is 15. The second-order valence-electron chi connectivity index (χ2n) is 25.2. The van der Waals surface area contributed by atoms with Crippen LogP contribution >= 0.6 is 11.3 Å². The molecule has 0 bridgehead atoms. The summed E-state index contributed by atoms with van der Waals surface area (Å²) >= 11 is 1.43. The highest BCUT2D eigenvalue weighted by molar-refractivity contribution is 7.17. The number of hydrogen-bond acceptors (Lipinski definition) is 23. The van der Waals surface area contributed by atoms with Crippen LogP contribution in [-0.2, 0) is 41.7 Å². The second kappa shape index (κ2) is 32.4. The van der Waals surface area contributed by atoms with Crippen molar-refractivity contribution in [1.29, 1.82) is 0 Å². The van der Waals surface area contributed by atoms with Gasteiger partial charge in [-0.25, -0.2) is 0 Å². The molecule has 4 aromatic rings. The van der Waals surface area contributed by atoms with E-state index in [0.717, 1.165) is 52.1 Å². The number of aliphatic hydroxyl groups excluding tert-OH is 8. The fourth-order valence-corrected chi connectivity index (χ4v) is 13.9. The highest BCUT2D eigenvalue weighted by atomic mass is 32.1. The summed E-state index contributed by atoms with van der Waals surface area (Å²) in [5.74, 6) is -7.40. The number of amides is 6. The number of phenols is 1. The van der Waals surface area contributed by atoms with E-state index in [1.54, 1.807) is 6.92 Å². The Labute approximate surface area is 543 Å². The number of nitrogens with one attached hydrogen (secondary N) is 6. The Hall–Kier alpha value is -7.00. The normalized spacial score (nSPS) is 27.2. The van der Waals surface area contributed by atoms with E-state index in [4.69, 9.17) is 4.74 Å². The van der Waals surface area contributed by atoms with Gasteiger partial charge in [0.15, 0.2) is 11.5 Å². The van der Waals surface area contributed by atoms with Crippen molar-refractivity contribution in [1.82, 2.24) is 56.8 Å². The number of fused-ring (bicyclic) bond motifs is 2. The molecule has 15 N–H and O–H groups in total. The summed E-state index contributed by atoms with van der Waals surface area (Å²) in [6.45, 7) is 4.36. The quantitative estimate of drug-likeness (QED) is 0.0469. The first-order valence-corrected chi connectivity index (χ1v) is 32.9. The number of anilines is 1. The molecule has 3 aromatic carbocycles. The molecule has 6 amide bonds. The van der Waals surface area contributed by atoms with Crippen molar-refractivity contribution in [3.63, 3.8) is 0 Å². The number of β-amino-alcohol motifs (C(OH)–C–C–N with tert-alkyl or cyclic N) is 1. The number of ether oxygens (including phenoxy) is 1. The maximum Gasteiger partial charge on any atom is 0.248 e. The van der Waals surface area contributed by atoms with Gasteiger partial charge in [0.25, 0.3) is 0 Å². The number of phenolic OH excluding ortho intramolecular Hbond substituents is 1. The first kappa shape index (κ1) is 70.3. The van der Waals surface area contributed by atoms with Crippen LogP contribution in [0.15, 0.2) is 66.7 Å². The highest BCUT2D eigenvalue weighted by Crippen LogP contribution is 2.34. The summed E-state index contributed by atoms with van der Waals surface area (Å²) in [4.78, 5) is 95.0. The van der Waals surface area contributed by atoms with Crippen LogP contribution in [0.2, 0.25) is 0 Å². The van der Waals surface area contributed by atoms with Gasteiger partial charge in [-0.2, -0.15) is 0 Å². The van der Waals surface area contributed by atoms with E-state index in [1.165, 1.54) is 81.4 Å². The smallest absolute Gasteiger partial charge is 0.248 e. The Morgan fingerprint density at radius 1 is 0.699 bits per heavy atom. The first-order chi connectivity index (χ1) is 44.6. The van der Waals surface area contributed by atoms with Crippen molar-refractivity contribution in [2.45, 2.75) is 163 Å². The van der Waals surface area contributed by atoms with Crippen molar-refractivity contribution >= 4 is 52.5 Å². The maximum atomic E-state index is 15.0. The maximum absolute atomic E-state index is 15.0. The third-order valence-corrected chi connectivity index (χ3v) is 19.5. The SMILES string of the molecule is COc1cc(C[C@@H](O)[C@@H]2NC(=O)[C@@H]3C[C@@H](O)CN3C(=O)[C@H]([C@@H](C)O)NC(=O)[C@@H](NCc3ccc(-c4nnc(-c5ccc(N6CCN(C7CCCCC7)CC6)cc5)s4)cc3)C[C@@H](O)CNC(=O)[C@@H]3[C@@H](O)[C@@H](C)CN3C(=O)[C@H]([C@H](O)CCNC(CO)CO)NC2=O)ccc1O. The molecular weight excluding hydrogens is 1220 g/mol. The predicted octanol–water partition coefficient (Wildman–Crippen LogP) is -2.32. The van der Waals surface area contributed by atoms with Crippen LogP contribution in [-0.4, -0.2) is 264 Å². The van der Waals surface area contributed by atoms with Gasteiger partial charge in [0, 0.05) is 94.0 Å². The Morgan fingerprint density at radius 2 is 1.32 bits per heavy atom. The Bertz CT molecular complexity index is 3170. The first-order valence-electron chi connectivity index (χ1n) is 32.1. The zero-order chi connectivity index (χ0) is 66.6. The van der Waals surface area contributed by atoms with Crippen LogP contribution in [0.5, 0.6) is 11.5 Å². The summed E-state index contributed by atoms with van der Waals surface area (Å²) in [5.41, 5.74) is 3.83. The zero-order valence-electron chi connectivity index (χ0n) is 52.6. The molecule has 4 saturated heterocycles. The third kappa shape index (κ3) is 17.5. The number of methoxy groups -OCH3 is 1. The molecular formula is C64H90N12O16S. The molecule has 5 heterocycles. The molecule has 1 aliphatic carbocycles. The molecule has 1 saturated carbocycles. The van der Waals surface area contributed by atoms with E-state index in [1.807, 2.05) is 24.3 Å². The van der Waals surface area contributed by atoms with Crippen LogP contribution < -0.4 is 41.5 Å². The van der Waals surface area contributed by atoms with Gasteiger partial charge in [0.05, 0.1) is 69.0 Å². The van der Waals surface area contributed by atoms with Crippen LogP contribution in [0, 0.1) is 5.92 Å². The van der Waals surface area contributed by atoms with Crippen molar-refractivity contribution in [3.8, 4) is 32.6 Å². The van der Waals surface area contributed by atoms with Crippen molar-refractivity contribution in [2.75, 3.05) is 77.6 Å². The van der Waals surface area contributed by atoms with Gasteiger partial charge < -0.3 is 97.3 Å². The number of benzene rings is 3. The fraction of sp³-hybridized carbons (Fsp3) is 0.594. The summed E-state index contributed by atoms with van der Waals surface area (Å²) in [5, 5.41) is 125. The van der Waals surface area contributed by atoms with E-state index in [0.29, 0.717) is 16.6 Å². The van der Waals surface area contributed by atoms with Crippen molar-refractivity contribution in [2.24, 2.45) is 5.92 Å². The molecule has 5 fully saturated rings. The van der Waals surface area contributed by atoms with E-state index in [9.17, 15) is 74.7 Å². The Balaban J connectivity index is 0.953. The molecule has 9 rings (SSSR count). The standard InChI is InChI=1S/C64H90N12O16S/c1-35-31-76-55(56(35)85)60(89)67-30-44(80)27-46(66-29-37-9-12-39(13-10-37)61-71-72-62(93-61)40-14-16-43(17-15-40)74-23-21-73(22-24-74)42-7-5-4-6-8-42)57(86)68-52(36(2)79)63(90)75-32-45(81)28-47(75)58(87)69-53(50(84)25-38-11-18-48(82)51(26-38)92-3)59(88)70-54(64(76)91)49(83)19-20-65-41(33-77)34-78/h9-18,26,35-36,41-42,44-47,49-50,52-56,65-66,77-85H,4-8,19-25,27-34H2,1-3H3,(H,67,89)(H,68,86)(H,69,87)(H,70,88)/t35-,36+,44+,45+,46-,47-,49+,50+,52-,53-,54-,55-,56-/m0/s1. The molecule has 0 unspecified atom stereocenters. The second-order valence-corrected chi connectivity index (χ2v) is 26.2. The van der Waals surface area contributed by atoms with Crippen LogP contribution in [0.1, 0.15) is 76.3 Å². The molecule has 5 aliphatic rings. The van der Waals surface area contributed by atoms with E-state index in [-0.39, 0.29) is 43.1 Å². The minimum atomic E-state index is -2.04. The topological polar surface area (TPSA) is 405 Å². The van der Waals surface area contributed by atoms with Gasteiger partial charge >= 0.3 is 0 Å².